The molecule has 0 aliphatic rings. The Morgan fingerprint density at radius 2 is 1.62 bits per heavy atom. The monoisotopic (exact) mass is 328 g/mol. The Kier molecular flexibility index (Phi) is 5.84. The van der Waals surface area contributed by atoms with Crippen LogP contribution in [0, 0.1) is 0 Å². The molecule has 0 saturated heterocycles. The van der Waals surface area contributed by atoms with Crippen LogP contribution in [0.15, 0.2) is 42.5 Å². The molecule has 2 aromatic carbocycles. The van der Waals surface area contributed by atoms with Gasteiger partial charge in [-0.25, -0.2) is 4.79 Å². The molecule has 0 radical (unpaired) electrons. The van der Waals surface area contributed by atoms with Crippen molar-refractivity contribution in [1.29, 1.82) is 0 Å². The maximum atomic E-state index is 12.2. The fourth-order valence-corrected chi connectivity index (χ4v) is 2.27. The Labute approximate surface area is 141 Å². The number of methoxy groups -OCH3 is 4. The molecular formula is C19H20O5. The molecule has 24 heavy (non-hydrogen) atoms. The van der Waals surface area contributed by atoms with Gasteiger partial charge in [-0.1, -0.05) is 18.2 Å². The molecule has 0 aromatic heterocycles. The molecule has 0 heterocycles. The number of benzene rings is 2. The largest absolute Gasteiger partial charge is 0.497 e. The van der Waals surface area contributed by atoms with E-state index in [9.17, 15) is 4.79 Å². The molecule has 0 unspecified atom stereocenters. The van der Waals surface area contributed by atoms with Gasteiger partial charge in [-0.3, -0.25) is 0 Å². The molecule has 0 bridgehead atoms. The molecule has 126 valence electrons. The summed E-state index contributed by atoms with van der Waals surface area (Å²) < 4.78 is 20.7. The summed E-state index contributed by atoms with van der Waals surface area (Å²) in [6.45, 7) is 0. The minimum atomic E-state index is -0.432. The molecule has 2 aromatic rings. The van der Waals surface area contributed by atoms with Gasteiger partial charge in [0.05, 0.1) is 34.0 Å². The SMILES string of the molecule is COC(=O)/C(=C/c1ccc(OC)c(OC)c1)c1cccc(OC)c1. The lowest BCUT2D eigenvalue weighted by Crippen LogP contribution is -2.04. The van der Waals surface area contributed by atoms with Gasteiger partial charge < -0.3 is 18.9 Å². The van der Waals surface area contributed by atoms with E-state index in [-0.39, 0.29) is 0 Å². The van der Waals surface area contributed by atoms with Crippen LogP contribution in [0.1, 0.15) is 11.1 Å². The third-order valence-electron chi connectivity index (χ3n) is 3.50. The number of rotatable bonds is 6. The Morgan fingerprint density at radius 1 is 0.875 bits per heavy atom. The highest BCUT2D eigenvalue weighted by Crippen LogP contribution is 2.30. The summed E-state index contributed by atoms with van der Waals surface area (Å²) in [5.74, 6) is 1.43. The van der Waals surface area contributed by atoms with Crippen LogP contribution in [0.3, 0.4) is 0 Å². The van der Waals surface area contributed by atoms with Crippen molar-refractivity contribution in [3.8, 4) is 17.2 Å². The fraction of sp³-hybridized carbons (Fsp3) is 0.211. The molecule has 0 N–H and O–H groups in total. The average molecular weight is 328 g/mol. The molecule has 0 amide bonds. The van der Waals surface area contributed by atoms with Crippen LogP contribution in [-0.2, 0) is 9.53 Å². The van der Waals surface area contributed by atoms with E-state index in [0.29, 0.717) is 28.4 Å². The quantitative estimate of drug-likeness (QED) is 0.462. The molecule has 0 fully saturated rings. The highest BCUT2D eigenvalue weighted by Gasteiger charge is 2.14. The zero-order valence-electron chi connectivity index (χ0n) is 14.2. The first-order valence-corrected chi connectivity index (χ1v) is 7.29. The molecule has 5 nitrogen and oxygen atoms in total. The highest BCUT2D eigenvalue weighted by atomic mass is 16.5. The second-order valence-corrected chi connectivity index (χ2v) is 4.90. The summed E-state index contributed by atoms with van der Waals surface area (Å²) in [6.07, 6.45) is 1.74. The summed E-state index contributed by atoms with van der Waals surface area (Å²) in [6, 6.07) is 12.7. The van der Waals surface area contributed by atoms with Crippen LogP contribution in [0.2, 0.25) is 0 Å². The van der Waals surface area contributed by atoms with E-state index in [2.05, 4.69) is 0 Å². The van der Waals surface area contributed by atoms with Crippen molar-refractivity contribution in [3.05, 3.63) is 53.6 Å². The third kappa shape index (κ3) is 3.87. The van der Waals surface area contributed by atoms with Crippen LogP contribution >= 0.6 is 0 Å². The van der Waals surface area contributed by atoms with Gasteiger partial charge >= 0.3 is 5.97 Å². The van der Waals surface area contributed by atoms with Crippen LogP contribution in [-0.4, -0.2) is 34.4 Å². The van der Waals surface area contributed by atoms with Crippen LogP contribution in [0.25, 0.3) is 11.6 Å². The minimum Gasteiger partial charge on any atom is -0.497 e. The van der Waals surface area contributed by atoms with Gasteiger partial charge in [-0.05, 0) is 41.5 Å². The van der Waals surface area contributed by atoms with E-state index < -0.39 is 5.97 Å². The van der Waals surface area contributed by atoms with Crippen molar-refractivity contribution in [1.82, 2.24) is 0 Å². The number of ether oxygens (including phenoxy) is 4. The van der Waals surface area contributed by atoms with Gasteiger partial charge in [-0.2, -0.15) is 0 Å². The first-order chi connectivity index (χ1) is 11.6. The maximum Gasteiger partial charge on any atom is 0.338 e. The maximum absolute atomic E-state index is 12.2. The Balaban J connectivity index is 2.51. The number of hydrogen-bond acceptors (Lipinski definition) is 5. The van der Waals surface area contributed by atoms with Gasteiger partial charge in [0, 0.05) is 0 Å². The van der Waals surface area contributed by atoms with Crippen LogP contribution in [0.4, 0.5) is 0 Å². The first kappa shape index (κ1) is 17.4. The smallest absolute Gasteiger partial charge is 0.338 e. The van der Waals surface area contributed by atoms with Gasteiger partial charge in [-0.15, -0.1) is 0 Å². The molecular weight excluding hydrogens is 308 g/mol. The Hall–Kier alpha value is -2.95. The summed E-state index contributed by atoms with van der Waals surface area (Å²) in [5.41, 5.74) is 1.91. The topological polar surface area (TPSA) is 54.0 Å². The molecule has 0 aliphatic heterocycles. The normalized spacial score (nSPS) is 10.9. The second kappa shape index (κ2) is 8.06. The third-order valence-corrected chi connectivity index (χ3v) is 3.50. The predicted octanol–water partition coefficient (Wildman–Crippen LogP) is 3.43. The lowest BCUT2D eigenvalue weighted by atomic mass is 10.0. The van der Waals surface area contributed by atoms with Crippen molar-refractivity contribution in [2.45, 2.75) is 0 Å². The molecule has 0 aliphatic carbocycles. The van der Waals surface area contributed by atoms with Gasteiger partial charge in [0.1, 0.15) is 5.75 Å². The van der Waals surface area contributed by atoms with Gasteiger partial charge in [0.25, 0.3) is 0 Å². The Bertz CT molecular complexity index is 749. The van der Waals surface area contributed by atoms with Gasteiger partial charge in [0.15, 0.2) is 11.5 Å². The van der Waals surface area contributed by atoms with E-state index >= 15 is 0 Å². The van der Waals surface area contributed by atoms with E-state index in [1.807, 2.05) is 24.3 Å². The summed E-state index contributed by atoms with van der Waals surface area (Å²) in [5, 5.41) is 0. The van der Waals surface area contributed by atoms with Crippen molar-refractivity contribution in [2.75, 3.05) is 28.4 Å². The molecule has 2 rings (SSSR count). The minimum absolute atomic E-state index is 0.420. The standard InChI is InChI=1S/C19H20O5/c1-21-15-7-5-6-14(12-15)16(19(20)24-4)10-13-8-9-17(22-2)18(11-13)23-3/h5-12H,1-4H3/b16-10+. The highest BCUT2D eigenvalue weighted by molar-refractivity contribution is 6.21. The second-order valence-electron chi connectivity index (χ2n) is 4.90. The van der Waals surface area contributed by atoms with Crippen molar-refractivity contribution in [3.63, 3.8) is 0 Å². The zero-order valence-corrected chi connectivity index (χ0v) is 14.2. The van der Waals surface area contributed by atoms with Crippen molar-refractivity contribution in [2.24, 2.45) is 0 Å². The fourth-order valence-electron chi connectivity index (χ4n) is 2.27. The van der Waals surface area contributed by atoms with Crippen molar-refractivity contribution < 1.29 is 23.7 Å². The summed E-state index contributed by atoms with van der Waals surface area (Å²) in [4.78, 5) is 12.2. The lowest BCUT2D eigenvalue weighted by molar-refractivity contribution is -0.133. The molecule has 0 spiro atoms. The Morgan fingerprint density at radius 3 is 2.25 bits per heavy atom. The van der Waals surface area contributed by atoms with Crippen LogP contribution in [0.5, 0.6) is 17.2 Å². The van der Waals surface area contributed by atoms with E-state index in [4.69, 9.17) is 18.9 Å². The average Bonchev–Trinajstić information content (AvgIpc) is 2.65. The number of carbonyl (C=O) groups is 1. The summed E-state index contributed by atoms with van der Waals surface area (Å²) >= 11 is 0. The van der Waals surface area contributed by atoms with Crippen molar-refractivity contribution >= 4 is 17.6 Å². The number of hydrogen-bond donors (Lipinski definition) is 0. The van der Waals surface area contributed by atoms with E-state index in [1.165, 1.54) is 7.11 Å². The molecule has 0 atom stereocenters. The molecule has 5 heteroatoms. The predicted molar refractivity (Wildman–Crippen MR) is 92.4 cm³/mol. The van der Waals surface area contributed by atoms with Crippen LogP contribution < -0.4 is 14.2 Å². The molecule has 0 saturated carbocycles. The van der Waals surface area contributed by atoms with E-state index in [0.717, 1.165) is 5.56 Å². The zero-order chi connectivity index (χ0) is 17.5. The lowest BCUT2D eigenvalue weighted by Gasteiger charge is -2.10. The number of esters is 1. The van der Waals surface area contributed by atoms with Gasteiger partial charge in [0.2, 0.25) is 0 Å². The van der Waals surface area contributed by atoms with E-state index in [1.54, 1.807) is 45.6 Å². The number of carbonyl (C=O) groups excluding carboxylic acids is 1. The summed E-state index contributed by atoms with van der Waals surface area (Å²) in [7, 11) is 6.07. The first-order valence-electron chi connectivity index (χ1n) is 7.29.